The summed E-state index contributed by atoms with van der Waals surface area (Å²) in [5, 5.41) is 13.8. The molecule has 0 saturated heterocycles. The van der Waals surface area contributed by atoms with E-state index in [-0.39, 0.29) is 21.2 Å². The number of ether oxygens (including phenoxy) is 1. The third-order valence-electron chi connectivity index (χ3n) is 2.33. The summed E-state index contributed by atoms with van der Waals surface area (Å²) in [6.07, 6.45) is 1.59. The van der Waals surface area contributed by atoms with Crippen molar-refractivity contribution in [2.45, 2.75) is 24.7 Å². The third kappa shape index (κ3) is 4.09. The minimum Gasteiger partial charge on any atom is -0.492 e. The molecule has 19 heavy (non-hydrogen) atoms. The maximum Gasteiger partial charge on any atom is 0.337 e. The molecule has 0 atom stereocenters. The first kappa shape index (κ1) is 15.7. The predicted molar refractivity (Wildman–Crippen MR) is 70.2 cm³/mol. The van der Waals surface area contributed by atoms with E-state index in [1.54, 1.807) is 0 Å². The third-order valence-corrected chi connectivity index (χ3v) is 3.57. The molecule has 0 bridgehead atoms. The van der Waals surface area contributed by atoms with Crippen molar-refractivity contribution in [3.05, 3.63) is 22.7 Å². The van der Waals surface area contributed by atoms with Gasteiger partial charge >= 0.3 is 5.97 Å². The molecule has 1 aromatic carbocycles. The van der Waals surface area contributed by atoms with Crippen LogP contribution < -0.4 is 9.88 Å². The molecule has 0 amide bonds. The van der Waals surface area contributed by atoms with Crippen molar-refractivity contribution in [3.8, 4) is 5.75 Å². The van der Waals surface area contributed by atoms with Crippen molar-refractivity contribution < 1.29 is 23.1 Å². The highest BCUT2D eigenvalue weighted by atomic mass is 35.5. The van der Waals surface area contributed by atoms with Crippen LogP contribution in [0, 0.1) is 0 Å². The summed E-state index contributed by atoms with van der Waals surface area (Å²) >= 11 is 5.76. The second kappa shape index (κ2) is 6.23. The molecule has 0 unspecified atom stereocenters. The van der Waals surface area contributed by atoms with Gasteiger partial charge in [-0.25, -0.2) is 18.4 Å². The van der Waals surface area contributed by atoms with Crippen LogP contribution >= 0.6 is 11.6 Å². The van der Waals surface area contributed by atoms with Crippen molar-refractivity contribution in [2.75, 3.05) is 6.61 Å². The molecule has 0 spiro atoms. The number of sulfonamides is 1. The SMILES string of the molecule is CCCCOc1cc(Cl)c(C(=O)O)cc1S(N)(=O)=O. The number of carbonyl (C=O) groups is 1. The Kier molecular flexibility index (Phi) is 5.16. The first-order valence-corrected chi connectivity index (χ1v) is 7.42. The number of hydrogen-bond acceptors (Lipinski definition) is 4. The smallest absolute Gasteiger partial charge is 0.337 e. The number of aromatic carboxylic acids is 1. The zero-order chi connectivity index (χ0) is 14.6. The molecule has 106 valence electrons. The van der Waals surface area contributed by atoms with Crippen LogP contribution in [-0.2, 0) is 10.0 Å². The Morgan fingerprint density at radius 1 is 1.47 bits per heavy atom. The molecule has 8 heteroatoms. The summed E-state index contributed by atoms with van der Waals surface area (Å²) in [6, 6.07) is 2.06. The minimum atomic E-state index is -4.09. The average Bonchev–Trinajstić information content (AvgIpc) is 2.27. The first-order chi connectivity index (χ1) is 8.77. The van der Waals surface area contributed by atoms with E-state index in [9.17, 15) is 13.2 Å². The van der Waals surface area contributed by atoms with Crippen molar-refractivity contribution in [3.63, 3.8) is 0 Å². The summed E-state index contributed by atoms with van der Waals surface area (Å²) in [5.41, 5.74) is -0.339. The van der Waals surface area contributed by atoms with Crippen LogP contribution in [-0.4, -0.2) is 26.1 Å². The van der Waals surface area contributed by atoms with E-state index in [0.717, 1.165) is 25.0 Å². The number of benzene rings is 1. The second-order valence-corrected chi connectivity index (χ2v) is 5.77. The zero-order valence-electron chi connectivity index (χ0n) is 10.2. The van der Waals surface area contributed by atoms with E-state index < -0.39 is 16.0 Å². The van der Waals surface area contributed by atoms with E-state index in [4.69, 9.17) is 26.6 Å². The second-order valence-electron chi connectivity index (χ2n) is 3.83. The van der Waals surface area contributed by atoms with Gasteiger partial charge in [0.15, 0.2) is 0 Å². The maximum absolute atomic E-state index is 11.4. The molecule has 1 aromatic rings. The molecule has 1 rings (SSSR count). The molecule has 0 heterocycles. The minimum absolute atomic E-state index is 0.0362. The fourth-order valence-corrected chi connectivity index (χ4v) is 2.28. The normalized spacial score (nSPS) is 11.3. The number of halogens is 1. The van der Waals surface area contributed by atoms with Gasteiger partial charge < -0.3 is 9.84 Å². The average molecular weight is 308 g/mol. The van der Waals surface area contributed by atoms with Crippen LogP contribution in [0.4, 0.5) is 0 Å². The molecule has 0 aliphatic heterocycles. The molecule has 0 fully saturated rings. The van der Waals surface area contributed by atoms with Crippen molar-refractivity contribution in [1.29, 1.82) is 0 Å². The lowest BCUT2D eigenvalue weighted by Crippen LogP contribution is -2.15. The van der Waals surface area contributed by atoms with Gasteiger partial charge in [-0.2, -0.15) is 0 Å². The fourth-order valence-electron chi connectivity index (χ4n) is 1.36. The van der Waals surface area contributed by atoms with Gasteiger partial charge in [0, 0.05) is 6.07 Å². The standard InChI is InChI=1S/C11H14ClNO5S/c1-2-3-4-18-9-6-8(12)7(11(14)15)5-10(9)19(13,16)17/h5-6H,2-4H2,1H3,(H,14,15)(H2,13,16,17). The molecule has 0 radical (unpaired) electrons. The summed E-state index contributed by atoms with van der Waals surface area (Å²) in [5.74, 6) is -1.37. The monoisotopic (exact) mass is 307 g/mol. The van der Waals surface area contributed by atoms with E-state index in [1.807, 2.05) is 6.92 Å². The first-order valence-electron chi connectivity index (χ1n) is 5.49. The van der Waals surface area contributed by atoms with Gasteiger partial charge in [-0.15, -0.1) is 0 Å². The van der Waals surface area contributed by atoms with Crippen LogP contribution in [0.15, 0.2) is 17.0 Å². The lowest BCUT2D eigenvalue weighted by atomic mass is 10.2. The highest BCUT2D eigenvalue weighted by Gasteiger charge is 2.21. The zero-order valence-corrected chi connectivity index (χ0v) is 11.8. The highest BCUT2D eigenvalue weighted by molar-refractivity contribution is 7.89. The molecule has 3 N–H and O–H groups in total. The van der Waals surface area contributed by atoms with E-state index >= 15 is 0 Å². The van der Waals surface area contributed by atoms with Gasteiger partial charge in [0.25, 0.3) is 0 Å². The van der Waals surface area contributed by atoms with Crippen LogP contribution in [0.5, 0.6) is 5.75 Å². The largest absolute Gasteiger partial charge is 0.492 e. The van der Waals surface area contributed by atoms with Gasteiger partial charge in [0.1, 0.15) is 10.6 Å². The molecule has 6 nitrogen and oxygen atoms in total. The molecule has 0 saturated carbocycles. The number of carboxylic acids is 1. The molecule has 0 aliphatic rings. The molecular formula is C11H14ClNO5S. The Balaban J connectivity index is 3.29. The summed E-state index contributed by atoms with van der Waals surface area (Å²) < 4.78 is 28.2. The topological polar surface area (TPSA) is 107 Å². The Hall–Kier alpha value is -1.31. The quantitative estimate of drug-likeness (QED) is 0.780. The lowest BCUT2D eigenvalue weighted by Gasteiger charge is -2.11. The van der Waals surface area contributed by atoms with Crippen LogP contribution in [0.25, 0.3) is 0 Å². The van der Waals surface area contributed by atoms with Gasteiger partial charge in [-0.1, -0.05) is 24.9 Å². The van der Waals surface area contributed by atoms with Crippen LogP contribution in [0.2, 0.25) is 5.02 Å². The molecular weight excluding hydrogens is 294 g/mol. The summed E-state index contributed by atoms with van der Waals surface area (Å²) in [7, 11) is -4.09. The Morgan fingerprint density at radius 3 is 2.58 bits per heavy atom. The number of hydrogen-bond donors (Lipinski definition) is 2. The molecule has 0 aliphatic carbocycles. The predicted octanol–water partition coefficient (Wildman–Crippen LogP) is 1.86. The fraction of sp³-hybridized carbons (Fsp3) is 0.364. The summed E-state index contributed by atoms with van der Waals surface area (Å²) in [6.45, 7) is 2.24. The maximum atomic E-state index is 11.4. The van der Waals surface area contributed by atoms with Gasteiger partial charge in [-0.3, -0.25) is 0 Å². The number of carboxylic acid groups (broad SMARTS) is 1. The van der Waals surface area contributed by atoms with E-state index in [2.05, 4.69) is 0 Å². The Bertz CT molecular complexity index is 585. The Labute approximate surface area is 116 Å². The van der Waals surface area contributed by atoms with Gasteiger partial charge in [-0.05, 0) is 12.5 Å². The number of nitrogens with two attached hydrogens (primary N) is 1. The molecule has 0 aromatic heterocycles. The Morgan fingerprint density at radius 2 is 2.11 bits per heavy atom. The van der Waals surface area contributed by atoms with Gasteiger partial charge in [0.2, 0.25) is 10.0 Å². The van der Waals surface area contributed by atoms with Crippen molar-refractivity contribution >= 4 is 27.6 Å². The number of primary sulfonamides is 1. The van der Waals surface area contributed by atoms with E-state index in [0.29, 0.717) is 6.61 Å². The van der Waals surface area contributed by atoms with Crippen molar-refractivity contribution in [2.24, 2.45) is 5.14 Å². The summed E-state index contributed by atoms with van der Waals surface area (Å²) in [4.78, 5) is 10.5. The number of rotatable bonds is 6. The van der Waals surface area contributed by atoms with Crippen LogP contribution in [0.1, 0.15) is 30.1 Å². The van der Waals surface area contributed by atoms with Gasteiger partial charge in [0.05, 0.1) is 17.2 Å². The van der Waals surface area contributed by atoms with Crippen LogP contribution in [0.3, 0.4) is 0 Å². The van der Waals surface area contributed by atoms with Crippen molar-refractivity contribution in [1.82, 2.24) is 0 Å². The van der Waals surface area contributed by atoms with E-state index in [1.165, 1.54) is 0 Å². The lowest BCUT2D eigenvalue weighted by molar-refractivity contribution is 0.0696. The highest BCUT2D eigenvalue weighted by Crippen LogP contribution is 2.30. The number of unbranched alkanes of at least 4 members (excludes halogenated alkanes) is 1.